The first-order valence-corrected chi connectivity index (χ1v) is 47.5. The molecule has 0 atom stereocenters. The van der Waals surface area contributed by atoms with Gasteiger partial charge in [-0.1, -0.05) is 115 Å². The second kappa shape index (κ2) is 31.9. The fourth-order valence-electron chi connectivity index (χ4n) is 11.0. The van der Waals surface area contributed by atoms with Gasteiger partial charge in [0, 0.05) is 131 Å². The summed E-state index contributed by atoms with van der Waals surface area (Å²) in [5.41, 5.74) is 5.54. The Balaban J connectivity index is 0.000000262. The molecule has 0 amide bonds. The number of benzene rings is 1. The van der Waals surface area contributed by atoms with E-state index < -0.39 is 43.5 Å². The number of hydrogen-bond donors (Lipinski definition) is 0. The molecule has 1 aromatic carbocycles. The number of pyridine rings is 1. The Labute approximate surface area is 547 Å². The lowest BCUT2D eigenvalue weighted by molar-refractivity contribution is -0.171. The monoisotopic (exact) mass is 1410 g/mol. The number of esters is 2. The number of hydrogen-bond acceptors (Lipinski definition) is 17. The lowest BCUT2D eigenvalue weighted by Gasteiger charge is -2.36. The number of methoxy groups -OCH3 is 4. The van der Waals surface area contributed by atoms with Crippen molar-refractivity contribution in [2.45, 2.75) is 177 Å². The predicted octanol–water partition coefficient (Wildman–Crippen LogP) is 14.1. The number of fused-ring (bicyclic) bond motifs is 2. The van der Waals surface area contributed by atoms with Crippen LogP contribution >= 0.6 is 22.6 Å². The van der Waals surface area contributed by atoms with Gasteiger partial charge >= 0.3 is 11.9 Å². The molecular formula is C65H102IN9O10Si4. The molecule has 2 aliphatic rings. The summed E-state index contributed by atoms with van der Waals surface area (Å²) < 4.78 is 51.5. The molecule has 490 valence electrons. The summed E-state index contributed by atoms with van der Waals surface area (Å²) in [5.74, 6) is 1.49. The van der Waals surface area contributed by atoms with E-state index >= 15 is 0 Å². The zero-order chi connectivity index (χ0) is 64.8. The minimum atomic E-state index is -1.27. The molecular weight excluding hydrogens is 1310 g/mol. The third-order valence-electron chi connectivity index (χ3n) is 17.0. The lowest BCUT2D eigenvalue weighted by Crippen LogP contribution is -2.44. The van der Waals surface area contributed by atoms with Crippen LogP contribution in [-0.2, 0) is 47.5 Å². The summed E-state index contributed by atoms with van der Waals surface area (Å²) >= 11 is 2.29. The van der Waals surface area contributed by atoms with Crippen LogP contribution in [0.3, 0.4) is 0 Å². The molecule has 5 heterocycles. The van der Waals surface area contributed by atoms with Gasteiger partial charge in [0.05, 0.1) is 35.9 Å². The average molecular weight is 1410 g/mol. The molecule has 2 aliphatic carbocycles. The smallest absolute Gasteiger partial charge is 0.338 e. The van der Waals surface area contributed by atoms with Crippen molar-refractivity contribution in [3.05, 3.63) is 88.1 Å². The van der Waals surface area contributed by atoms with Gasteiger partial charge in [0.2, 0.25) is 0 Å². The Morgan fingerprint density at radius 1 is 0.528 bits per heavy atom. The number of aromatic nitrogens is 7. The van der Waals surface area contributed by atoms with Crippen molar-refractivity contribution in [1.82, 2.24) is 34.2 Å². The molecule has 24 heteroatoms. The van der Waals surface area contributed by atoms with Gasteiger partial charge < -0.3 is 47.7 Å². The van der Waals surface area contributed by atoms with Crippen LogP contribution in [0.2, 0.25) is 103 Å². The quantitative estimate of drug-likeness (QED) is 0.0136. The largest absolute Gasteiger partial charge is 0.467 e. The van der Waals surface area contributed by atoms with Crippen molar-refractivity contribution < 1.29 is 47.5 Å². The van der Waals surface area contributed by atoms with E-state index in [1.165, 1.54) is 14.2 Å². The average Bonchev–Trinajstić information content (AvgIpc) is 1.75. The molecule has 89 heavy (non-hydrogen) atoms. The van der Waals surface area contributed by atoms with Gasteiger partial charge in [0.25, 0.3) is 0 Å². The molecule has 2 saturated carbocycles. The Morgan fingerprint density at radius 2 is 0.921 bits per heavy atom. The van der Waals surface area contributed by atoms with Crippen LogP contribution in [-0.4, -0.2) is 171 Å². The van der Waals surface area contributed by atoms with Gasteiger partial charge in [-0.15, -0.1) is 0 Å². The fraction of sp³-hybridized carbons (Fsp3) is 0.615. The van der Waals surface area contributed by atoms with Gasteiger partial charge in [-0.05, 0) is 104 Å². The number of nitrogens with zero attached hydrogens (tertiary/aromatic N) is 9. The first-order chi connectivity index (χ1) is 42.1. The number of rotatable bonds is 30. The number of halogens is 1. The van der Waals surface area contributed by atoms with Crippen molar-refractivity contribution in [1.29, 1.82) is 0 Å². The summed E-state index contributed by atoms with van der Waals surface area (Å²) in [6.45, 7) is 32.8. The Morgan fingerprint density at radius 3 is 1.29 bits per heavy atom. The summed E-state index contributed by atoms with van der Waals surface area (Å²) in [6.07, 6.45) is 11.0. The molecule has 8 rings (SSSR count). The topological polar surface area (TPSA) is 188 Å². The van der Waals surface area contributed by atoms with Crippen molar-refractivity contribution in [3.63, 3.8) is 0 Å². The molecule has 0 spiro atoms. The standard InChI is InChI=1S/C38H55N5O5Si2.C27H47IN4O5Si2/c1-45-37(44)38(46-2)18-16-30(17-19-38)34-24-35(42(27-47-20-22-49(3,4)5)28-48-21-23-50(6,7)8)43-36(41-34)32(26-40-43)31-14-15-33(39-25-31)29-12-10-9-11-13-29;1-34-26(33)27(35-2)11-9-21(10-12-27)23-17-24(32-25(30-23)22(28)18-29-32)31(19-36-13-15-38(3,4)5)20-37-14-16-39(6,7)8/h9-15,24-26,30H,16-23,27-28H2,1-8H3;17-18,21H,9-16,19-20H2,1-8H3. The third kappa shape index (κ3) is 20.3. The molecule has 0 saturated heterocycles. The Hall–Kier alpha value is -4.49. The van der Waals surface area contributed by atoms with E-state index in [0.29, 0.717) is 65.8 Å². The molecule has 5 aromatic heterocycles. The second-order valence-corrected chi connectivity index (χ2v) is 52.4. The maximum atomic E-state index is 12.7. The fourth-order valence-corrected chi connectivity index (χ4v) is 14.5. The van der Waals surface area contributed by atoms with Crippen LogP contribution in [0.15, 0.2) is 73.2 Å². The summed E-state index contributed by atoms with van der Waals surface area (Å²) in [6, 6.07) is 22.9. The second-order valence-electron chi connectivity index (χ2n) is 28.8. The first-order valence-electron chi connectivity index (χ1n) is 31.6. The van der Waals surface area contributed by atoms with Gasteiger partial charge in [-0.3, -0.25) is 4.98 Å². The molecule has 0 N–H and O–H groups in total. The number of ether oxygens (including phenoxy) is 8. The van der Waals surface area contributed by atoms with Crippen LogP contribution in [0.5, 0.6) is 0 Å². The van der Waals surface area contributed by atoms with Crippen molar-refractivity contribution in [3.8, 4) is 22.4 Å². The predicted molar refractivity (Wildman–Crippen MR) is 374 cm³/mol. The zero-order valence-electron chi connectivity index (χ0n) is 56.2. The summed E-state index contributed by atoms with van der Waals surface area (Å²) in [4.78, 5) is 44.6. The highest BCUT2D eigenvalue weighted by molar-refractivity contribution is 14.1. The normalized spacial score (nSPS) is 19.2. The van der Waals surface area contributed by atoms with E-state index in [9.17, 15) is 9.59 Å². The third-order valence-corrected chi connectivity index (χ3v) is 24.6. The summed E-state index contributed by atoms with van der Waals surface area (Å²) in [7, 11) is 1.09. The van der Waals surface area contributed by atoms with Gasteiger partial charge in [-0.2, -0.15) is 19.2 Å². The maximum absolute atomic E-state index is 12.7. The minimum Gasteiger partial charge on any atom is -0.467 e. The van der Waals surface area contributed by atoms with E-state index in [1.54, 1.807) is 14.2 Å². The molecule has 0 unspecified atom stereocenters. The summed E-state index contributed by atoms with van der Waals surface area (Å²) in [5, 5.41) is 9.55. The molecule has 0 radical (unpaired) electrons. The van der Waals surface area contributed by atoms with Crippen molar-refractivity contribution >= 4 is 89.8 Å². The Bertz CT molecular complexity index is 3160. The van der Waals surface area contributed by atoms with Crippen molar-refractivity contribution in [2.24, 2.45) is 0 Å². The Kier molecular flexibility index (Phi) is 25.8. The van der Waals surface area contributed by atoms with E-state index in [-0.39, 0.29) is 23.8 Å². The first kappa shape index (κ1) is 71.9. The van der Waals surface area contributed by atoms with Crippen LogP contribution in [0.4, 0.5) is 11.6 Å². The van der Waals surface area contributed by atoms with E-state index in [0.717, 1.165) is 123 Å². The van der Waals surface area contributed by atoms with Crippen LogP contribution in [0.25, 0.3) is 33.7 Å². The van der Waals surface area contributed by atoms with Crippen molar-refractivity contribution in [2.75, 3.05) is 91.6 Å². The molecule has 0 aliphatic heterocycles. The van der Waals surface area contributed by atoms with Gasteiger partial charge in [0.1, 0.15) is 38.6 Å². The van der Waals surface area contributed by atoms with E-state index in [2.05, 4.69) is 146 Å². The lowest BCUT2D eigenvalue weighted by atomic mass is 9.77. The van der Waals surface area contributed by atoms with Gasteiger partial charge in [-0.25, -0.2) is 19.6 Å². The highest BCUT2D eigenvalue weighted by Crippen LogP contribution is 2.43. The zero-order valence-corrected chi connectivity index (χ0v) is 62.4. The number of anilines is 2. The van der Waals surface area contributed by atoms with Crippen LogP contribution in [0.1, 0.15) is 74.6 Å². The maximum Gasteiger partial charge on any atom is 0.338 e. The minimum absolute atomic E-state index is 0.121. The molecule has 19 nitrogen and oxygen atoms in total. The van der Waals surface area contributed by atoms with E-state index in [1.807, 2.05) is 51.9 Å². The SMILES string of the molecule is COC(=O)C1(OC)CCC(c2cc(N(COCC[Si](C)(C)C)COCC[Si](C)(C)C)n3ncc(-c4ccc(-c5ccccc5)nc4)c3n2)CC1.COC(=O)C1(OC)CCC(c2cc(N(COCC[Si](C)(C)C)COCC[Si](C)(C)C)n3ncc(I)c3n2)CC1. The highest BCUT2D eigenvalue weighted by atomic mass is 127. The van der Waals surface area contributed by atoms with Crippen LogP contribution in [0, 0.1) is 3.57 Å². The molecule has 2 fully saturated rings. The van der Waals surface area contributed by atoms with E-state index in [4.69, 9.17) is 57.9 Å². The highest BCUT2D eigenvalue weighted by Gasteiger charge is 2.45. The number of carbonyl (C=O) groups is 2. The number of carbonyl (C=O) groups excluding carboxylic acids is 2. The van der Waals surface area contributed by atoms with Gasteiger partial charge in [0.15, 0.2) is 22.5 Å². The molecule has 6 aromatic rings. The molecule has 0 bridgehead atoms. The van der Waals surface area contributed by atoms with Crippen LogP contribution < -0.4 is 9.80 Å².